The third-order valence-corrected chi connectivity index (χ3v) is 2.69. The van der Waals surface area contributed by atoms with E-state index in [1.54, 1.807) is 12.7 Å². The predicted molar refractivity (Wildman–Crippen MR) is 70.2 cm³/mol. The van der Waals surface area contributed by atoms with Crippen LogP contribution in [0, 0.1) is 6.92 Å². The van der Waals surface area contributed by atoms with Crippen molar-refractivity contribution in [2.24, 2.45) is 0 Å². The van der Waals surface area contributed by atoms with Crippen molar-refractivity contribution in [3.8, 4) is 11.5 Å². The molecular formula is C12H18N6. The van der Waals surface area contributed by atoms with Gasteiger partial charge in [-0.05, 0) is 20.3 Å². The smallest absolute Gasteiger partial charge is 0.177 e. The van der Waals surface area contributed by atoms with Gasteiger partial charge < -0.3 is 5.32 Å². The van der Waals surface area contributed by atoms with Gasteiger partial charge in [-0.2, -0.15) is 5.10 Å². The van der Waals surface area contributed by atoms with E-state index in [1.807, 2.05) is 18.5 Å². The van der Waals surface area contributed by atoms with Crippen molar-refractivity contribution in [2.75, 3.05) is 11.9 Å². The van der Waals surface area contributed by atoms with Crippen LogP contribution in [0.2, 0.25) is 0 Å². The second kappa shape index (κ2) is 5.57. The Morgan fingerprint density at radius 3 is 2.72 bits per heavy atom. The van der Waals surface area contributed by atoms with E-state index in [9.17, 15) is 0 Å². The van der Waals surface area contributed by atoms with Crippen molar-refractivity contribution >= 4 is 5.82 Å². The van der Waals surface area contributed by atoms with Gasteiger partial charge in [0, 0.05) is 18.7 Å². The third kappa shape index (κ3) is 2.32. The van der Waals surface area contributed by atoms with Crippen LogP contribution in [-0.4, -0.2) is 31.3 Å². The average Bonchev–Trinajstić information content (AvgIpc) is 2.81. The molecule has 6 heteroatoms. The van der Waals surface area contributed by atoms with E-state index in [1.165, 1.54) is 0 Å². The maximum Gasteiger partial charge on any atom is 0.177 e. The Hall–Kier alpha value is -1.98. The van der Waals surface area contributed by atoms with Crippen LogP contribution in [0.1, 0.15) is 25.8 Å². The quantitative estimate of drug-likeness (QED) is 0.872. The van der Waals surface area contributed by atoms with Crippen LogP contribution < -0.4 is 5.32 Å². The van der Waals surface area contributed by atoms with E-state index in [0.29, 0.717) is 0 Å². The summed E-state index contributed by atoms with van der Waals surface area (Å²) in [6.45, 7) is 7.83. The summed E-state index contributed by atoms with van der Waals surface area (Å²) in [6.07, 6.45) is 4.14. The molecule has 18 heavy (non-hydrogen) atoms. The summed E-state index contributed by atoms with van der Waals surface area (Å²) in [4.78, 5) is 12.9. The Balaban J connectivity index is 2.43. The lowest BCUT2D eigenvalue weighted by Crippen LogP contribution is -2.07. The molecule has 0 amide bonds. The summed E-state index contributed by atoms with van der Waals surface area (Å²) in [7, 11) is 0. The number of nitrogens with one attached hydrogen (secondary N) is 1. The number of hydrogen-bond acceptors (Lipinski definition) is 5. The number of rotatable bonds is 5. The van der Waals surface area contributed by atoms with Crippen molar-refractivity contribution in [3.05, 3.63) is 18.2 Å². The highest BCUT2D eigenvalue weighted by atomic mass is 15.3. The third-order valence-electron chi connectivity index (χ3n) is 2.69. The highest BCUT2D eigenvalue weighted by Crippen LogP contribution is 2.22. The van der Waals surface area contributed by atoms with Crippen LogP contribution in [0.4, 0.5) is 5.82 Å². The van der Waals surface area contributed by atoms with Crippen molar-refractivity contribution in [3.63, 3.8) is 0 Å². The summed E-state index contributed by atoms with van der Waals surface area (Å²) in [5.74, 6) is 1.66. The molecule has 0 bridgehead atoms. The molecule has 0 saturated carbocycles. The van der Waals surface area contributed by atoms with Gasteiger partial charge in [0.1, 0.15) is 24.2 Å². The van der Waals surface area contributed by atoms with E-state index in [0.717, 1.165) is 42.4 Å². The summed E-state index contributed by atoms with van der Waals surface area (Å²) < 4.78 is 1.88. The molecule has 0 aliphatic carbocycles. The number of hydrogen-bond donors (Lipinski definition) is 1. The molecule has 96 valence electrons. The minimum atomic E-state index is 0.802. The highest BCUT2D eigenvalue weighted by Gasteiger charge is 2.13. The first-order valence-corrected chi connectivity index (χ1v) is 6.21. The largest absolute Gasteiger partial charge is 0.370 e. The lowest BCUT2D eigenvalue weighted by Gasteiger charge is -2.10. The van der Waals surface area contributed by atoms with Gasteiger partial charge >= 0.3 is 0 Å². The minimum absolute atomic E-state index is 0.802. The summed E-state index contributed by atoms with van der Waals surface area (Å²) in [5, 5.41) is 7.44. The van der Waals surface area contributed by atoms with Gasteiger partial charge in [0.15, 0.2) is 5.82 Å². The van der Waals surface area contributed by atoms with E-state index in [2.05, 4.69) is 32.3 Å². The fourth-order valence-corrected chi connectivity index (χ4v) is 1.84. The van der Waals surface area contributed by atoms with Crippen LogP contribution in [0.5, 0.6) is 0 Å². The minimum Gasteiger partial charge on any atom is -0.370 e. The molecule has 0 aromatic carbocycles. The molecule has 2 heterocycles. The van der Waals surface area contributed by atoms with Gasteiger partial charge in [0.05, 0.1) is 0 Å². The molecular weight excluding hydrogens is 228 g/mol. The average molecular weight is 246 g/mol. The van der Waals surface area contributed by atoms with E-state index < -0.39 is 0 Å². The second-order valence-electron chi connectivity index (χ2n) is 4.03. The zero-order chi connectivity index (χ0) is 13.0. The van der Waals surface area contributed by atoms with Gasteiger partial charge in [-0.25, -0.2) is 19.6 Å². The Bertz CT molecular complexity index is 519. The zero-order valence-corrected chi connectivity index (χ0v) is 11.0. The number of aromatic nitrogens is 5. The number of anilines is 1. The standard InChI is InChI=1S/C12H18N6/c1-4-6-18-12(16-8-17-18)10-9(3)11(13-5-2)15-7-14-10/h7-8H,4-6H2,1-3H3,(H,13,14,15). The molecule has 1 N–H and O–H groups in total. The summed E-state index contributed by atoms with van der Waals surface area (Å²) >= 11 is 0. The molecule has 0 radical (unpaired) electrons. The molecule has 0 spiro atoms. The normalized spacial score (nSPS) is 10.6. The van der Waals surface area contributed by atoms with Gasteiger partial charge in [-0.1, -0.05) is 6.92 Å². The maximum absolute atomic E-state index is 4.33. The predicted octanol–water partition coefficient (Wildman–Crippen LogP) is 1.89. The Morgan fingerprint density at radius 2 is 2.00 bits per heavy atom. The molecule has 0 aliphatic heterocycles. The van der Waals surface area contributed by atoms with Crippen LogP contribution >= 0.6 is 0 Å². The molecule has 2 aromatic rings. The fraction of sp³-hybridized carbons (Fsp3) is 0.500. The summed E-state index contributed by atoms with van der Waals surface area (Å²) in [5.41, 5.74) is 1.84. The van der Waals surface area contributed by atoms with Gasteiger partial charge in [0.2, 0.25) is 0 Å². The van der Waals surface area contributed by atoms with Gasteiger partial charge in [-0.3, -0.25) is 0 Å². The monoisotopic (exact) mass is 246 g/mol. The molecule has 2 aromatic heterocycles. The number of nitrogens with zero attached hydrogens (tertiary/aromatic N) is 5. The molecule has 0 atom stereocenters. The van der Waals surface area contributed by atoms with Crippen molar-refractivity contribution < 1.29 is 0 Å². The van der Waals surface area contributed by atoms with Crippen LogP contribution in [0.25, 0.3) is 11.5 Å². The Morgan fingerprint density at radius 1 is 1.17 bits per heavy atom. The molecule has 2 rings (SSSR count). The molecule has 0 fully saturated rings. The van der Waals surface area contributed by atoms with Crippen molar-refractivity contribution in [1.82, 2.24) is 24.7 Å². The highest BCUT2D eigenvalue weighted by molar-refractivity contribution is 5.62. The fourth-order valence-electron chi connectivity index (χ4n) is 1.84. The zero-order valence-electron chi connectivity index (χ0n) is 11.0. The van der Waals surface area contributed by atoms with Crippen LogP contribution in [0.15, 0.2) is 12.7 Å². The number of aryl methyl sites for hydroxylation is 1. The van der Waals surface area contributed by atoms with Gasteiger partial charge in [0.25, 0.3) is 0 Å². The van der Waals surface area contributed by atoms with E-state index in [-0.39, 0.29) is 0 Å². The first kappa shape index (κ1) is 12.5. The van der Waals surface area contributed by atoms with Gasteiger partial charge in [-0.15, -0.1) is 0 Å². The van der Waals surface area contributed by atoms with Crippen molar-refractivity contribution in [1.29, 1.82) is 0 Å². The Kier molecular flexibility index (Phi) is 3.86. The molecule has 0 saturated heterocycles. The lowest BCUT2D eigenvalue weighted by atomic mass is 10.2. The van der Waals surface area contributed by atoms with E-state index >= 15 is 0 Å². The van der Waals surface area contributed by atoms with Crippen molar-refractivity contribution in [2.45, 2.75) is 33.7 Å². The second-order valence-corrected chi connectivity index (χ2v) is 4.03. The lowest BCUT2D eigenvalue weighted by molar-refractivity contribution is 0.606. The van der Waals surface area contributed by atoms with E-state index in [4.69, 9.17) is 0 Å². The SMILES string of the molecule is CCCn1ncnc1-c1ncnc(NCC)c1C. The first-order valence-electron chi connectivity index (χ1n) is 6.21. The van der Waals surface area contributed by atoms with Crippen LogP contribution in [-0.2, 0) is 6.54 Å². The topological polar surface area (TPSA) is 68.5 Å². The first-order chi connectivity index (χ1) is 8.77. The van der Waals surface area contributed by atoms with Crippen LogP contribution in [0.3, 0.4) is 0 Å². The summed E-state index contributed by atoms with van der Waals surface area (Å²) in [6, 6.07) is 0. The molecule has 0 aliphatic rings. The Labute approximate surface area is 106 Å². The molecule has 0 unspecified atom stereocenters. The molecule has 6 nitrogen and oxygen atoms in total. The maximum atomic E-state index is 4.33.